The van der Waals surface area contributed by atoms with Crippen LogP contribution in [-0.2, 0) is 4.79 Å². The number of hydrogen-bond donors (Lipinski definition) is 1. The molecule has 1 heterocycles. The Morgan fingerprint density at radius 3 is 2.56 bits per heavy atom. The zero-order chi connectivity index (χ0) is 19.4. The molecule has 3 rings (SSSR count). The van der Waals surface area contributed by atoms with E-state index in [1.807, 2.05) is 24.3 Å². The second-order valence-corrected chi connectivity index (χ2v) is 8.16. The summed E-state index contributed by atoms with van der Waals surface area (Å²) < 4.78 is 5.69. The van der Waals surface area contributed by atoms with Gasteiger partial charge in [-0.3, -0.25) is 4.79 Å². The van der Waals surface area contributed by atoms with E-state index in [2.05, 4.69) is 31.2 Å². The fourth-order valence-electron chi connectivity index (χ4n) is 3.49. The van der Waals surface area contributed by atoms with E-state index in [0.29, 0.717) is 31.3 Å². The molecule has 0 aromatic heterocycles. The molecule has 2 aliphatic rings. The van der Waals surface area contributed by atoms with Crippen molar-refractivity contribution in [2.45, 2.75) is 58.4 Å². The number of rotatable bonds is 6. The zero-order valence-electron chi connectivity index (χ0n) is 16.4. The van der Waals surface area contributed by atoms with Gasteiger partial charge in [0, 0.05) is 0 Å². The van der Waals surface area contributed by atoms with Crippen LogP contribution in [0.25, 0.3) is 0 Å². The molecule has 0 unspecified atom stereocenters. The number of urea groups is 1. The van der Waals surface area contributed by atoms with Crippen molar-refractivity contribution in [3.05, 3.63) is 29.8 Å². The standard InChI is InChI=1S/C21H29N3O3/c1-15(2)10-13-27-18-6-4-17(5-7-18)14-22-24-19(25)21(23-20(24)26)11-8-16(3)9-12-21/h4-7,14-16H,8-13H2,1-3H3,(H,23,26)/b22-14+. The van der Waals surface area contributed by atoms with Crippen molar-refractivity contribution in [3.63, 3.8) is 0 Å². The number of benzene rings is 1. The molecule has 146 valence electrons. The van der Waals surface area contributed by atoms with E-state index in [1.165, 1.54) is 0 Å². The fourth-order valence-corrected chi connectivity index (χ4v) is 3.49. The third-order valence-corrected chi connectivity index (χ3v) is 5.43. The van der Waals surface area contributed by atoms with Crippen LogP contribution in [0.4, 0.5) is 4.79 Å². The van der Waals surface area contributed by atoms with Crippen LogP contribution in [0.5, 0.6) is 5.75 Å². The average Bonchev–Trinajstić information content (AvgIpc) is 2.87. The lowest BCUT2D eigenvalue weighted by Gasteiger charge is -2.33. The minimum absolute atomic E-state index is 0.232. The molecule has 6 heteroatoms. The first-order valence-corrected chi connectivity index (χ1v) is 9.83. The van der Waals surface area contributed by atoms with E-state index >= 15 is 0 Å². The van der Waals surface area contributed by atoms with Gasteiger partial charge >= 0.3 is 6.03 Å². The third kappa shape index (κ3) is 4.49. The molecule has 6 nitrogen and oxygen atoms in total. The number of imide groups is 1. The van der Waals surface area contributed by atoms with Crippen LogP contribution < -0.4 is 10.1 Å². The highest BCUT2D eigenvalue weighted by Gasteiger charge is 2.52. The van der Waals surface area contributed by atoms with Crippen LogP contribution in [0.1, 0.15) is 58.4 Å². The predicted molar refractivity (Wildman–Crippen MR) is 105 cm³/mol. The highest BCUT2D eigenvalue weighted by atomic mass is 16.5. The summed E-state index contributed by atoms with van der Waals surface area (Å²) in [5, 5.41) is 7.99. The van der Waals surface area contributed by atoms with Crippen molar-refractivity contribution < 1.29 is 14.3 Å². The van der Waals surface area contributed by atoms with E-state index in [9.17, 15) is 9.59 Å². The van der Waals surface area contributed by atoms with Gasteiger partial charge in [-0.15, -0.1) is 5.01 Å². The number of nitrogens with zero attached hydrogens (tertiary/aromatic N) is 2. The lowest BCUT2D eigenvalue weighted by Crippen LogP contribution is -2.49. The topological polar surface area (TPSA) is 71.0 Å². The summed E-state index contributed by atoms with van der Waals surface area (Å²) >= 11 is 0. The largest absolute Gasteiger partial charge is 0.494 e. The molecule has 1 saturated carbocycles. The van der Waals surface area contributed by atoms with Crippen molar-refractivity contribution >= 4 is 18.2 Å². The maximum atomic E-state index is 12.8. The Labute approximate surface area is 161 Å². The second kappa shape index (κ2) is 8.11. The molecule has 1 aromatic carbocycles. The van der Waals surface area contributed by atoms with Crippen LogP contribution in [-0.4, -0.2) is 35.3 Å². The minimum Gasteiger partial charge on any atom is -0.494 e. The number of ether oxygens (including phenoxy) is 1. The average molecular weight is 371 g/mol. The maximum Gasteiger partial charge on any atom is 0.346 e. The van der Waals surface area contributed by atoms with Gasteiger partial charge in [0.15, 0.2) is 0 Å². The van der Waals surface area contributed by atoms with Gasteiger partial charge < -0.3 is 10.1 Å². The van der Waals surface area contributed by atoms with Gasteiger partial charge in [0.25, 0.3) is 5.91 Å². The van der Waals surface area contributed by atoms with Gasteiger partial charge in [-0.05, 0) is 73.8 Å². The van der Waals surface area contributed by atoms with Crippen molar-refractivity contribution in [3.8, 4) is 5.75 Å². The van der Waals surface area contributed by atoms with Crippen molar-refractivity contribution in [1.82, 2.24) is 10.3 Å². The predicted octanol–water partition coefficient (Wildman–Crippen LogP) is 3.95. The Morgan fingerprint density at radius 1 is 1.26 bits per heavy atom. The molecule has 27 heavy (non-hydrogen) atoms. The zero-order valence-corrected chi connectivity index (χ0v) is 16.4. The van der Waals surface area contributed by atoms with Gasteiger partial charge in [0.1, 0.15) is 11.3 Å². The van der Waals surface area contributed by atoms with Gasteiger partial charge in [-0.2, -0.15) is 5.10 Å². The molecule has 1 aliphatic carbocycles. The summed E-state index contributed by atoms with van der Waals surface area (Å²) in [6, 6.07) is 7.05. The molecule has 3 amide bonds. The summed E-state index contributed by atoms with van der Waals surface area (Å²) in [5.74, 6) is 1.78. The number of hydrogen-bond acceptors (Lipinski definition) is 4. The molecule has 0 radical (unpaired) electrons. The Bertz CT molecular complexity index is 704. The van der Waals surface area contributed by atoms with Crippen molar-refractivity contribution in [1.29, 1.82) is 0 Å². The SMILES string of the molecule is CC(C)CCOc1ccc(/C=N/N2C(=O)NC3(CCC(C)CC3)C2=O)cc1. The number of nitrogens with one attached hydrogen (secondary N) is 1. The second-order valence-electron chi connectivity index (χ2n) is 8.16. The molecular formula is C21H29N3O3. The summed E-state index contributed by atoms with van der Waals surface area (Å²) in [4.78, 5) is 25.0. The highest BCUT2D eigenvalue weighted by molar-refractivity contribution is 6.07. The van der Waals surface area contributed by atoms with E-state index in [4.69, 9.17) is 4.74 Å². The highest BCUT2D eigenvalue weighted by Crippen LogP contribution is 2.36. The first-order valence-electron chi connectivity index (χ1n) is 9.83. The Hall–Kier alpha value is -2.37. The Morgan fingerprint density at radius 2 is 1.93 bits per heavy atom. The van der Waals surface area contributed by atoms with Crippen LogP contribution in [0.3, 0.4) is 0 Å². The van der Waals surface area contributed by atoms with Gasteiger partial charge in [0.05, 0.1) is 12.8 Å². The molecule has 1 N–H and O–H groups in total. The molecule has 1 spiro atoms. The summed E-state index contributed by atoms with van der Waals surface area (Å²) in [7, 11) is 0. The van der Waals surface area contributed by atoms with Gasteiger partial charge in [-0.25, -0.2) is 4.79 Å². The lowest BCUT2D eigenvalue weighted by molar-refractivity contribution is -0.132. The summed E-state index contributed by atoms with van der Waals surface area (Å²) in [6.07, 6.45) is 5.82. The molecule has 0 atom stereocenters. The molecule has 1 aliphatic heterocycles. The van der Waals surface area contributed by atoms with Crippen molar-refractivity contribution in [2.75, 3.05) is 6.61 Å². The minimum atomic E-state index is -0.755. The lowest BCUT2D eigenvalue weighted by atomic mass is 9.77. The molecule has 1 saturated heterocycles. The normalized spacial score (nSPS) is 25.6. The Kier molecular flexibility index (Phi) is 5.82. The summed E-state index contributed by atoms with van der Waals surface area (Å²) in [6.45, 7) is 7.20. The summed E-state index contributed by atoms with van der Waals surface area (Å²) in [5.41, 5.74) is 0.0553. The third-order valence-electron chi connectivity index (χ3n) is 5.43. The quantitative estimate of drug-likeness (QED) is 0.608. The van der Waals surface area contributed by atoms with Crippen molar-refractivity contribution in [2.24, 2.45) is 16.9 Å². The monoisotopic (exact) mass is 371 g/mol. The molecule has 0 bridgehead atoms. The van der Waals surface area contributed by atoms with Gasteiger partial charge in [0.2, 0.25) is 0 Å². The number of carbonyl (C=O) groups excluding carboxylic acids is 2. The first kappa shape index (κ1) is 19.4. The van der Waals surface area contributed by atoms with Crippen LogP contribution in [0, 0.1) is 11.8 Å². The fraction of sp³-hybridized carbons (Fsp3) is 0.571. The number of amides is 3. The first-order chi connectivity index (χ1) is 12.9. The van der Waals surface area contributed by atoms with E-state index in [-0.39, 0.29) is 5.91 Å². The number of carbonyl (C=O) groups is 2. The Balaban J connectivity index is 1.60. The smallest absolute Gasteiger partial charge is 0.346 e. The van der Waals surface area contributed by atoms with Crippen LogP contribution >= 0.6 is 0 Å². The molecular weight excluding hydrogens is 342 g/mol. The molecule has 2 fully saturated rings. The molecule has 1 aromatic rings. The van der Waals surface area contributed by atoms with Crippen LogP contribution in [0.2, 0.25) is 0 Å². The van der Waals surface area contributed by atoms with Crippen LogP contribution in [0.15, 0.2) is 29.4 Å². The van der Waals surface area contributed by atoms with E-state index < -0.39 is 11.6 Å². The maximum absolute atomic E-state index is 12.8. The van der Waals surface area contributed by atoms with E-state index in [0.717, 1.165) is 35.6 Å². The van der Waals surface area contributed by atoms with Gasteiger partial charge in [-0.1, -0.05) is 20.8 Å². The van der Waals surface area contributed by atoms with E-state index in [1.54, 1.807) is 6.21 Å². The number of hydrazone groups is 1.